The van der Waals surface area contributed by atoms with Gasteiger partial charge in [-0.25, -0.2) is 8.78 Å². The lowest BCUT2D eigenvalue weighted by molar-refractivity contribution is 0.416. The Hall–Kier alpha value is -4.19. The van der Waals surface area contributed by atoms with Crippen LogP contribution in [0.25, 0.3) is 17.0 Å². The SMILES string of the molecule is C=C(NCc1cc(F)cc(F)c1)c1cccc(Oc2ccnc(-c3ccccc3OC)c2)c1C. The summed E-state index contributed by atoms with van der Waals surface area (Å²) in [4.78, 5) is 4.46. The molecular formula is C28H24F2N2O2. The number of nitrogens with zero attached hydrogens (tertiary/aromatic N) is 1. The molecule has 0 saturated carbocycles. The zero-order valence-electron chi connectivity index (χ0n) is 18.9. The van der Waals surface area contributed by atoms with Crippen LogP contribution >= 0.6 is 0 Å². The van der Waals surface area contributed by atoms with E-state index in [9.17, 15) is 8.78 Å². The number of pyridine rings is 1. The monoisotopic (exact) mass is 458 g/mol. The van der Waals surface area contributed by atoms with Crippen LogP contribution < -0.4 is 14.8 Å². The Bertz CT molecular complexity index is 1320. The standard InChI is InChI=1S/C28H24F2N2O2/c1-18-24(19(2)32-17-20-13-21(29)15-22(30)14-20)8-6-10-27(18)34-23-11-12-31-26(16-23)25-7-4-5-9-28(25)33-3/h4-16,32H,2,17H2,1,3H3. The normalized spacial score (nSPS) is 10.6. The quantitative estimate of drug-likeness (QED) is 0.312. The van der Waals surface area contributed by atoms with Crippen molar-refractivity contribution in [3.63, 3.8) is 0 Å². The zero-order chi connectivity index (χ0) is 24.1. The minimum Gasteiger partial charge on any atom is -0.496 e. The number of benzene rings is 3. The number of halogens is 2. The topological polar surface area (TPSA) is 43.4 Å². The van der Waals surface area contributed by atoms with E-state index in [4.69, 9.17) is 9.47 Å². The van der Waals surface area contributed by atoms with Gasteiger partial charge >= 0.3 is 0 Å². The Morgan fingerprint density at radius 1 is 0.941 bits per heavy atom. The number of ether oxygens (including phenoxy) is 2. The fourth-order valence-corrected chi connectivity index (χ4v) is 3.67. The van der Waals surface area contributed by atoms with Gasteiger partial charge in [0.25, 0.3) is 0 Å². The lowest BCUT2D eigenvalue weighted by Gasteiger charge is -2.16. The summed E-state index contributed by atoms with van der Waals surface area (Å²) >= 11 is 0. The van der Waals surface area contributed by atoms with Crippen molar-refractivity contribution in [2.75, 3.05) is 7.11 Å². The molecule has 0 amide bonds. The molecule has 6 heteroatoms. The Balaban J connectivity index is 1.53. The molecule has 0 radical (unpaired) electrons. The first kappa shape index (κ1) is 23.0. The number of para-hydroxylation sites is 1. The Morgan fingerprint density at radius 3 is 2.44 bits per heavy atom. The maximum Gasteiger partial charge on any atom is 0.131 e. The molecule has 0 fully saturated rings. The first-order valence-electron chi connectivity index (χ1n) is 10.7. The van der Waals surface area contributed by atoms with Crippen LogP contribution in [0.2, 0.25) is 0 Å². The molecule has 1 N–H and O–H groups in total. The molecule has 3 aromatic carbocycles. The fraction of sp³-hybridized carbons (Fsp3) is 0.107. The second kappa shape index (κ2) is 10.2. The molecule has 0 spiro atoms. The van der Waals surface area contributed by atoms with Gasteiger partial charge < -0.3 is 14.8 Å². The van der Waals surface area contributed by atoms with Gasteiger partial charge in [0.15, 0.2) is 0 Å². The van der Waals surface area contributed by atoms with Crippen molar-refractivity contribution in [3.8, 4) is 28.5 Å². The van der Waals surface area contributed by atoms with Gasteiger partial charge in [-0.05, 0) is 48.9 Å². The predicted octanol–water partition coefficient (Wildman–Crippen LogP) is 6.90. The second-order valence-corrected chi connectivity index (χ2v) is 7.72. The second-order valence-electron chi connectivity index (χ2n) is 7.72. The highest BCUT2D eigenvalue weighted by molar-refractivity contribution is 5.69. The molecule has 4 rings (SSSR count). The molecule has 0 unspecified atom stereocenters. The van der Waals surface area contributed by atoms with Crippen LogP contribution in [-0.2, 0) is 6.54 Å². The van der Waals surface area contributed by atoms with Crippen LogP contribution in [0.15, 0.2) is 85.6 Å². The highest BCUT2D eigenvalue weighted by Crippen LogP contribution is 2.33. The summed E-state index contributed by atoms with van der Waals surface area (Å²) in [5.41, 5.74) is 4.43. The summed E-state index contributed by atoms with van der Waals surface area (Å²) in [5, 5.41) is 3.14. The molecule has 34 heavy (non-hydrogen) atoms. The van der Waals surface area contributed by atoms with Gasteiger partial charge in [0.1, 0.15) is 28.9 Å². The van der Waals surface area contributed by atoms with Crippen LogP contribution in [0.1, 0.15) is 16.7 Å². The van der Waals surface area contributed by atoms with Crippen molar-refractivity contribution < 1.29 is 18.3 Å². The number of hydrogen-bond donors (Lipinski definition) is 1. The molecule has 0 bridgehead atoms. The Labute approximate surface area is 197 Å². The third-order valence-electron chi connectivity index (χ3n) is 5.38. The van der Waals surface area contributed by atoms with Crippen LogP contribution in [0.5, 0.6) is 17.2 Å². The summed E-state index contributed by atoms with van der Waals surface area (Å²) < 4.78 is 38.5. The van der Waals surface area contributed by atoms with Crippen molar-refractivity contribution in [2.45, 2.75) is 13.5 Å². The van der Waals surface area contributed by atoms with Gasteiger partial charge in [-0.15, -0.1) is 0 Å². The molecule has 0 atom stereocenters. The first-order chi connectivity index (χ1) is 16.4. The van der Waals surface area contributed by atoms with E-state index in [0.29, 0.717) is 22.8 Å². The molecule has 1 aromatic heterocycles. The molecule has 0 saturated heterocycles. The molecule has 4 nitrogen and oxygen atoms in total. The number of methoxy groups -OCH3 is 1. The summed E-state index contributed by atoms with van der Waals surface area (Å²) in [7, 11) is 1.62. The van der Waals surface area contributed by atoms with E-state index in [1.54, 1.807) is 19.4 Å². The molecule has 172 valence electrons. The maximum atomic E-state index is 13.5. The summed E-state index contributed by atoms with van der Waals surface area (Å²) in [6.07, 6.45) is 1.69. The van der Waals surface area contributed by atoms with Crippen LogP contribution in [0, 0.1) is 18.6 Å². The largest absolute Gasteiger partial charge is 0.496 e. The molecule has 0 aliphatic carbocycles. The van der Waals surface area contributed by atoms with E-state index < -0.39 is 11.6 Å². The third kappa shape index (κ3) is 5.23. The number of nitrogens with one attached hydrogen (secondary N) is 1. The van der Waals surface area contributed by atoms with Gasteiger partial charge in [0, 0.05) is 47.3 Å². The lowest BCUT2D eigenvalue weighted by atomic mass is 10.0. The van der Waals surface area contributed by atoms with E-state index in [1.807, 2.05) is 55.5 Å². The van der Waals surface area contributed by atoms with Crippen molar-refractivity contribution in [3.05, 3.63) is 114 Å². The highest BCUT2D eigenvalue weighted by Gasteiger charge is 2.12. The smallest absolute Gasteiger partial charge is 0.131 e. The van der Waals surface area contributed by atoms with Crippen molar-refractivity contribution in [1.29, 1.82) is 0 Å². The summed E-state index contributed by atoms with van der Waals surface area (Å²) in [5.74, 6) is 0.794. The summed E-state index contributed by atoms with van der Waals surface area (Å²) in [6.45, 7) is 6.26. The van der Waals surface area contributed by atoms with Gasteiger partial charge in [-0.3, -0.25) is 4.98 Å². The fourth-order valence-electron chi connectivity index (χ4n) is 3.67. The number of hydrogen-bond acceptors (Lipinski definition) is 4. The minimum atomic E-state index is -0.612. The lowest BCUT2D eigenvalue weighted by Crippen LogP contribution is -2.12. The van der Waals surface area contributed by atoms with E-state index in [1.165, 1.54) is 12.1 Å². The minimum absolute atomic E-state index is 0.241. The van der Waals surface area contributed by atoms with Crippen molar-refractivity contribution in [1.82, 2.24) is 10.3 Å². The van der Waals surface area contributed by atoms with Crippen LogP contribution in [0.3, 0.4) is 0 Å². The average Bonchev–Trinajstić information content (AvgIpc) is 2.83. The van der Waals surface area contributed by atoms with Crippen LogP contribution in [0.4, 0.5) is 8.78 Å². The number of aromatic nitrogens is 1. The highest BCUT2D eigenvalue weighted by atomic mass is 19.1. The molecule has 1 heterocycles. The average molecular weight is 459 g/mol. The van der Waals surface area contributed by atoms with Gasteiger partial charge in [-0.2, -0.15) is 0 Å². The van der Waals surface area contributed by atoms with Crippen molar-refractivity contribution >= 4 is 5.70 Å². The Morgan fingerprint density at radius 2 is 1.68 bits per heavy atom. The van der Waals surface area contributed by atoms with E-state index in [0.717, 1.165) is 34.2 Å². The maximum absolute atomic E-state index is 13.5. The summed E-state index contributed by atoms with van der Waals surface area (Å²) in [6, 6.07) is 20.4. The van der Waals surface area contributed by atoms with Gasteiger partial charge in [-0.1, -0.05) is 30.8 Å². The van der Waals surface area contributed by atoms with E-state index >= 15 is 0 Å². The molecule has 0 aliphatic rings. The first-order valence-corrected chi connectivity index (χ1v) is 10.7. The van der Waals surface area contributed by atoms with Crippen LogP contribution in [-0.4, -0.2) is 12.1 Å². The van der Waals surface area contributed by atoms with E-state index in [-0.39, 0.29) is 6.54 Å². The Kier molecular flexibility index (Phi) is 6.87. The van der Waals surface area contributed by atoms with Gasteiger partial charge in [0.2, 0.25) is 0 Å². The number of rotatable bonds is 8. The predicted molar refractivity (Wildman–Crippen MR) is 130 cm³/mol. The third-order valence-corrected chi connectivity index (χ3v) is 5.38. The zero-order valence-corrected chi connectivity index (χ0v) is 18.9. The molecule has 4 aromatic rings. The van der Waals surface area contributed by atoms with Gasteiger partial charge in [0.05, 0.1) is 12.8 Å². The molecule has 0 aliphatic heterocycles. The van der Waals surface area contributed by atoms with E-state index in [2.05, 4.69) is 16.9 Å². The molecular weight excluding hydrogens is 434 g/mol. The van der Waals surface area contributed by atoms with Crippen molar-refractivity contribution in [2.24, 2.45) is 0 Å².